The SMILES string of the molecule is CSCCC(C)NC1CCC(C)C(C)C1. The summed E-state index contributed by atoms with van der Waals surface area (Å²) in [7, 11) is 0. The summed E-state index contributed by atoms with van der Waals surface area (Å²) in [6, 6.07) is 1.48. The third-order valence-electron chi connectivity index (χ3n) is 3.87. The summed E-state index contributed by atoms with van der Waals surface area (Å²) in [5, 5.41) is 3.79. The van der Waals surface area contributed by atoms with Crippen molar-refractivity contribution in [1.82, 2.24) is 5.32 Å². The third-order valence-corrected chi connectivity index (χ3v) is 4.52. The van der Waals surface area contributed by atoms with Crippen LogP contribution < -0.4 is 5.32 Å². The molecule has 0 heterocycles. The predicted molar refractivity (Wildman–Crippen MR) is 71.6 cm³/mol. The zero-order valence-corrected chi connectivity index (χ0v) is 11.6. The molecule has 4 atom stereocenters. The maximum atomic E-state index is 3.79. The zero-order chi connectivity index (χ0) is 11.3. The standard InChI is InChI=1S/C13H27NS/c1-10-5-6-13(9-11(10)2)14-12(3)7-8-15-4/h10-14H,5-9H2,1-4H3. The largest absolute Gasteiger partial charge is 0.311 e. The monoisotopic (exact) mass is 229 g/mol. The summed E-state index contributed by atoms with van der Waals surface area (Å²) in [4.78, 5) is 0. The number of thioether (sulfide) groups is 1. The van der Waals surface area contributed by atoms with Crippen LogP contribution in [0.2, 0.25) is 0 Å². The van der Waals surface area contributed by atoms with Crippen LogP contribution in [0, 0.1) is 11.8 Å². The lowest BCUT2D eigenvalue weighted by molar-refractivity contribution is 0.216. The van der Waals surface area contributed by atoms with Gasteiger partial charge < -0.3 is 5.32 Å². The number of rotatable bonds is 5. The molecule has 1 saturated carbocycles. The molecule has 1 aliphatic carbocycles. The molecular weight excluding hydrogens is 202 g/mol. The van der Waals surface area contributed by atoms with Crippen molar-refractivity contribution in [2.75, 3.05) is 12.0 Å². The second-order valence-electron chi connectivity index (χ2n) is 5.31. The number of nitrogens with one attached hydrogen (secondary N) is 1. The van der Waals surface area contributed by atoms with Crippen molar-refractivity contribution >= 4 is 11.8 Å². The molecule has 1 rings (SSSR count). The van der Waals surface area contributed by atoms with E-state index < -0.39 is 0 Å². The first-order chi connectivity index (χ1) is 7.13. The van der Waals surface area contributed by atoms with Crippen LogP contribution in [0.25, 0.3) is 0 Å². The van der Waals surface area contributed by atoms with E-state index >= 15 is 0 Å². The van der Waals surface area contributed by atoms with E-state index in [1.165, 1.54) is 31.4 Å². The van der Waals surface area contributed by atoms with Gasteiger partial charge in [-0.3, -0.25) is 0 Å². The summed E-state index contributed by atoms with van der Waals surface area (Å²) < 4.78 is 0. The Kier molecular flexibility index (Phi) is 6.06. The maximum Gasteiger partial charge on any atom is 0.00722 e. The topological polar surface area (TPSA) is 12.0 Å². The first-order valence-corrected chi connectivity index (χ1v) is 7.77. The quantitative estimate of drug-likeness (QED) is 0.774. The highest BCUT2D eigenvalue weighted by Gasteiger charge is 2.24. The Labute approximate surface area is 99.8 Å². The van der Waals surface area contributed by atoms with Crippen molar-refractivity contribution in [3.63, 3.8) is 0 Å². The highest BCUT2D eigenvalue weighted by Crippen LogP contribution is 2.29. The highest BCUT2D eigenvalue weighted by atomic mass is 32.2. The Balaban J connectivity index is 2.21. The number of hydrogen-bond acceptors (Lipinski definition) is 2. The van der Waals surface area contributed by atoms with E-state index in [2.05, 4.69) is 32.3 Å². The molecule has 90 valence electrons. The molecule has 0 radical (unpaired) electrons. The molecule has 1 aliphatic rings. The van der Waals surface area contributed by atoms with Gasteiger partial charge in [-0.2, -0.15) is 11.8 Å². The lowest BCUT2D eigenvalue weighted by Gasteiger charge is -2.34. The van der Waals surface area contributed by atoms with Crippen LogP contribution in [0.5, 0.6) is 0 Å². The average Bonchev–Trinajstić information content (AvgIpc) is 2.20. The van der Waals surface area contributed by atoms with Crippen molar-refractivity contribution in [2.45, 2.75) is 58.5 Å². The van der Waals surface area contributed by atoms with Gasteiger partial charge in [0.1, 0.15) is 0 Å². The minimum atomic E-state index is 0.697. The van der Waals surface area contributed by atoms with Gasteiger partial charge in [0.25, 0.3) is 0 Å². The van der Waals surface area contributed by atoms with E-state index in [1.807, 2.05) is 11.8 Å². The molecule has 4 unspecified atom stereocenters. The summed E-state index contributed by atoms with van der Waals surface area (Å²) in [6.07, 6.45) is 7.67. The molecule has 0 aromatic carbocycles. The molecule has 0 aromatic rings. The fraction of sp³-hybridized carbons (Fsp3) is 1.00. The van der Waals surface area contributed by atoms with Crippen molar-refractivity contribution in [2.24, 2.45) is 11.8 Å². The van der Waals surface area contributed by atoms with Gasteiger partial charge in [0.05, 0.1) is 0 Å². The molecule has 0 spiro atoms. The maximum absolute atomic E-state index is 3.79. The first kappa shape index (κ1) is 13.4. The second kappa shape index (κ2) is 6.80. The smallest absolute Gasteiger partial charge is 0.00722 e. The van der Waals surface area contributed by atoms with Crippen LogP contribution in [0.15, 0.2) is 0 Å². The lowest BCUT2D eigenvalue weighted by atomic mass is 9.79. The van der Waals surface area contributed by atoms with E-state index in [9.17, 15) is 0 Å². The van der Waals surface area contributed by atoms with Gasteiger partial charge in [0.15, 0.2) is 0 Å². The van der Waals surface area contributed by atoms with Gasteiger partial charge in [0.2, 0.25) is 0 Å². The zero-order valence-electron chi connectivity index (χ0n) is 10.8. The molecule has 1 nitrogen and oxygen atoms in total. The molecule has 0 bridgehead atoms. The van der Waals surface area contributed by atoms with Gasteiger partial charge in [-0.05, 0) is 56.5 Å². The molecule has 1 N–H and O–H groups in total. The van der Waals surface area contributed by atoms with Crippen molar-refractivity contribution in [3.05, 3.63) is 0 Å². The predicted octanol–water partition coefficient (Wildman–Crippen LogP) is 3.54. The van der Waals surface area contributed by atoms with Gasteiger partial charge in [-0.25, -0.2) is 0 Å². The molecule has 0 aromatic heterocycles. The van der Waals surface area contributed by atoms with Crippen LogP contribution in [-0.2, 0) is 0 Å². The molecule has 1 fully saturated rings. The van der Waals surface area contributed by atoms with Gasteiger partial charge >= 0.3 is 0 Å². The Bertz CT molecular complexity index is 172. The molecule has 15 heavy (non-hydrogen) atoms. The van der Waals surface area contributed by atoms with Crippen molar-refractivity contribution < 1.29 is 0 Å². The summed E-state index contributed by atoms with van der Waals surface area (Å²) >= 11 is 1.95. The fourth-order valence-electron chi connectivity index (χ4n) is 2.48. The van der Waals surface area contributed by atoms with Crippen molar-refractivity contribution in [3.8, 4) is 0 Å². The Morgan fingerprint density at radius 2 is 2.00 bits per heavy atom. The first-order valence-electron chi connectivity index (χ1n) is 6.38. The molecule has 2 heteroatoms. The van der Waals surface area contributed by atoms with Crippen LogP contribution in [0.4, 0.5) is 0 Å². The molecule has 0 amide bonds. The second-order valence-corrected chi connectivity index (χ2v) is 6.30. The van der Waals surface area contributed by atoms with Gasteiger partial charge in [-0.1, -0.05) is 13.8 Å². The summed E-state index contributed by atoms with van der Waals surface area (Å²) in [5.41, 5.74) is 0. The Hall–Kier alpha value is 0.310. The van der Waals surface area contributed by atoms with Crippen LogP contribution in [0.1, 0.15) is 46.5 Å². The minimum Gasteiger partial charge on any atom is -0.311 e. The fourth-order valence-corrected chi connectivity index (χ4v) is 3.07. The number of hydrogen-bond donors (Lipinski definition) is 1. The van der Waals surface area contributed by atoms with Gasteiger partial charge in [-0.15, -0.1) is 0 Å². The molecular formula is C13H27NS. The van der Waals surface area contributed by atoms with E-state index in [-0.39, 0.29) is 0 Å². The Morgan fingerprint density at radius 3 is 2.60 bits per heavy atom. The summed E-state index contributed by atoms with van der Waals surface area (Å²) in [6.45, 7) is 7.14. The van der Waals surface area contributed by atoms with E-state index in [1.54, 1.807) is 0 Å². The normalized spacial score (nSPS) is 34.0. The molecule has 0 saturated heterocycles. The Morgan fingerprint density at radius 1 is 1.27 bits per heavy atom. The average molecular weight is 229 g/mol. The third kappa shape index (κ3) is 4.78. The van der Waals surface area contributed by atoms with E-state index in [4.69, 9.17) is 0 Å². The molecule has 0 aliphatic heterocycles. The van der Waals surface area contributed by atoms with E-state index in [0.717, 1.165) is 17.9 Å². The van der Waals surface area contributed by atoms with Crippen LogP contribution in [0.3, 0.4) is 0 Å². The van der Waals surface area contributed by atoms with Crippen LogP contribution >= 0.6 is 11.8 Å². The van der Waals surface area contributed by atoms with E-state index in [0.29, 0.717) is 6.04 Å². The highest BCUT2D eigenvalue weighted by molar-refractivity contribution is 7.98. The summed E-state index contributed by atoms with van der Waals surface area (Å²) in [5.74, 6) is 3.13. The van der Waals surface area contributed by atoms with Crippen LogP contribution in [-0.4, -0.2) is 24.1 Å². The minimum absolute atomic E-state index is 0.697. The van der Waals surface area contributed by atoms with Crippen molar-refractivity contribution in [1.29, 1.82) is 0 Å². The lowest BCUT2D eigenvalue weighted by Crippen LogP contribution is -2.41. The van der Waals surface area contributed by atoms with Gasteiger partial charge in [0, 0.05) is 12.1 Å².